The third-order valence-electron chi connectivity index (χ3n) is 5.03. The van der Waals surface area contributed by atoms with Gasteiger partial charge in [-0.15, -0.1) is 10.2 Å². The number of carbonyl (C=O) groups is 1. The maximum atomic E-state index is 12.2. The first-order valence-electron chi connectivity index (χ1n) is 11.9. The number of carbonyl (C=O) groups excluding carboxylic acids is 1. The van der Waals surface area contributed by atoms with Crippen molar-refractivity contribution in [3.05, 3.63) is 92.7 Å². The van der Waals surface area contributed by atoms with Crippen molar-refractivity contribution in [1.29, 1.82) is 0 Å². The zero-order valence-electron chi connectivity index (χ0n) is 21.1. The summed E-state index contributed by atoms with van der Waals surface area (Å²) in [5.74, 6) is 1.45. The molecule has 1 aromatic heterocycles. The Morgan fingerprint density at radius 2 is 1.75 bits per heavy atom. The summed E-state index contributed by atoms with van der Waals surface area (Å²) >= 11 is 19.2. The van der Waals surface area contributed by atoms with Crippen LogP contribution >= 0.6 is 46.6 Å². The molecule has 4 rings (SSSR count). The van der Waals surface area contributed by atoms with Crippen molar-refractivity contribution >= 4 is 58.7 Å². The van der Waals surface area contributed by atoms with Crippen LogP contribution in [0.5, 0.6) is 17.2 Å². The molecule has 40 heavy (non-hydrogen) atoms. The van der Waals surface area contributed by atoms with Gasteiger partial charge in [0.1, 0.15) is 12.4 Å². The summed E-state index contributed by atoms with van der Waals surface area (Å²) in [5, 5.41) is 13.5. The van der Waals surface area contributed by atoms with E-state index in [4.69, 9.17) is 53.4 Å². The lowest BCUT2D eigenvalue weighted by Crippen LogP contribution is -2.19. The molecule has 13 heteroatoms. The van der Waals surface area contributed by atoms with Crippen LogP contribution in [0.15, 0.2) is 75.4 Å². The van der Waals surface area contributed by atoms with Gasteiger partial charge in [0.25, 0.3) is 17.0 Å². The van der Waals surface area contributed by atoms with Crippen LogP contribution in [0.1, 0.15) is 23.9 Å². The van der Waals surface area contributed by atoms with Gasteiger partial charge in [-0.05, 0) is 55.0 Å². The Balaban J connectivity index is 1.24. The van der Waals surface area contributed by atoms with E-state index in [0.29, 0.717) is 51.1 Å². The standard InChI is InChI=1S/C27H23Cl3N4O5S/c1-2-36-24-11-17(7-9-23(24)37-14-18-5-3-4-6-20(18)29)13-31-32-25(35)16-40-27-34-33-26(39-27)15-38-22-10-8-19(28)12-21(22)30/h3-13H,2,14-16H2,1H3,(H,32,35)/b31-13-. The minimum Gasteiger partial charge on any atom is -0.490 e. The van der Waals surface area contributed by atoms with Crippen LogP contribution in [0.3, 0.4) is 0 Å². The van der Waals surface area contributed by atoms with E-state index in [0.717, 1.165) is 17.3 Å². The molecule has 0 aliphatic rings. The Morgan fingerprint density at radius 3 is 2.55 bits per heavy atom. The number of nitrogens with zero attached hydrogens (tertiary/aromatic N) is 3. The van der Waals surface area contributed by atoms with Crippen LogP contribution in [0.25, 0.3) is 0 Å². The first kappa shape index (κ1) is 29.5. The normalized spacial score (nSPS) is 11.0. The van der Waals surface area contributed by atoms with E-state index in [9.17, 15) is 4.79 Å². The summed E-state index contributed by atoms with van der Waals surface area (Å²) in [6, 6.07) is 17.7. The molecule has 4 aromatic rings. The maximum Gasteiger partial charge on any atom is 0.277 e. The molecule has 0 radical (unpaired) electrons. The smallest absolute Gasteiger partial charge is 0.277 e. The Labute approximate surface area is 249 Å². The van der Waals surface area contributed by atoms with E-state index in [2.05, 4.69) is 20.7 Å². The van der Waals surface area contributed by atoms with Crippen molar-refractivity contribution in [2.75, 3.05) is 12.4 Å². The predicted molar refractivity (Wildman–Crippen MR) is 155 cm³/mol. The minimum atomic E-state index is -0.352. The molecule has 0 aliphatic carbocycles. The lowest BCUT2D eigenvalue weighted by molar-refractivity contribution is -0.118. The summed E-state index contributed by atoms with van der Waals surface area (Å²) < 4.78 is 22.7. The maximum absolute atomic E-state index is 12.2. The summed E-state index contributed by atoms with van der Waals surface area (Å²) in [5.41, 5.74) is 4.05. The fourth-order valence-electron chi connectivity index (χ4n) is 3.19. The molecule has 9 nitrogen and oxygen atoms in total. The number of nitrogens with one attached hydrogen (secondary N) is 1. The molecule has 0 fully saturated rings. The highest BCUT2D eigenvalue weighted by Gasteiger charge is 2.12. The van der Waals surface area contributed by atoms with E-state index in [1.807, 2.05) is 31.2 Å². The molecule has 0 saturated heterocycles. The zero-order valence-corrected chi connectivity index (χ0v) is 24.2. The summed E-state index contributed by atoms with van der Waals surface area (Å²) in [4.78, 5) is 12.2. The number of benzene rings is 3. The highest BCUT2D eigenvalue weighted by molar-refractivity contribution is 7.99. The molecule has 0 saturated carbocycles. The molecule has 1 amide bonds. The molecule has 0 atom stereocenters. The first-order chi connectivity index (χ1) is 19.4. The topological polar surface area (TPSA) is 108 Å². The largest absolute Gasteiger partial charge is 0.490 e. The first-order valence-corrected chi connectivity index (χ1v) is 14.0. The Kier molecular flexibility index (Phi) is 10.9. The monoisotopic (exact) mass is 620 g/mol. The number of ether oxygens (including phenoxy) is 3. The van der Waals surface area contributed by atoms with Crippen molar-refractivity contribution in [3.8, 4) is 17.2 Å². The number of amides is 1. The van der Waals surface area contributed by atoms with Gasteiger partial charge in [0, 0.05) is 15.6 Å². The van der Waals surface area contributed by atoms with Crippen LogP contribution in [-0.2, 0) is 18.0 Å². The van der Waals surface area contributed by atoms with Crippen LogP contribution in [0.2, 0.25) is 15.1 Å². The summed E-state index contributed by atoms with van der Waals surface area (Å²) in [7, 11) is 0. The minimum absolute atomic E-state index is 0.0129. The van der Waals surface area contributed by atoms with Crippen molar-refractivity contribution in [3.63, 3.8) is 0 Å². The molecule has 0 aliphatic heterocycles. The molecule has 0 bridgehead atoms. The average molecular weight is 622 g/mol. The van der Waals surface area contributed by atoms with Gasteiger partial charge in [0.15, 0.2) is 18.1 Å². The van der Waals surface area contributed by atoms with Gasteiger partial charge in [0.2, 0.25) is 0 Å². The third kappa shape index (κ3) is 8.79. The highest BCUT2D eigenvalue weighted by Crippen LogP contribution is 2.30. The van der Waals surface area contributed by atoms with Crippen LogP contribution in [0, 0.1) is 0 Å². The fourth-order valence-corrected chi connectivity index (χ4v) is 4.41. The van der Waals surface area contributed by atoms with E-state index in [1.54, 1.807) is 36.4 Å². The van der Waals surface area contributed by atoms with Crippen LogP contribution in [-0.4, -0.2) is 34.7 Å². The average Bonchev–Trinajstić information content (AvgIpc) is 3.40. The number of halogens is 3. The lowest BCUT2D eigenvalue weighted by Gasteiger charge is -2.13. The number of rotatable bonds is 13. The Hall–Kier alpha value is -3.44. The summed E-state index contributed by atoms with van der Waals surface area (Å²) in [6.45, 7) is 2.64. The van der Waals surface area contributed by atoms with Gasteiger partial charge in [-0.1, -0.05) is 64.8 Å². The number of hydrogen-bond donors (Lipinski definition) is 1. The van der Waals surface area contributed by atoms with Crippen molar-refractivity contribution in [2.45, 2.75) is 25.4 Å². The molecule has 1 heterocycles. The third-order valence-corrected chi connectivity index (χ3v) is 6.75. The number of hydrazone groups is 1. The predicted octanol–water partition coefficient (Wildman–Crippen LogP) is 6.83. The van der Waals surface area contributed by atoms with Gasteiger partial charge in [0.05, 0.1) is 23.6 Å². The van der Waals surface area contributed by atoms with Crippen LogP contribution < -0.4 is 19.6 Å². The highest BCUT2D eigenvalue weighted by atomic mass is 35.5. The molecular weight excluding hydrogens is 599 g/mol. The number of hydrogen-bond acceptors (Lipinski definition) is 9. The van der Waals surface area contributed by atoms with Gasteiger partial charge in [-0.3, -0.25) is 4.79 Å². The second-order valence-electron chi connectivity index (χ2n) is 7.93. The van der Waals surface area contributed by atoms with Gasteiger partial charge in [-0.25, -0.2) is 5.43 Å². The Morgan fingerprint density at radius 1 is 0.950 bits per heavy atom. The van der Waals surface area contributed by atoms with E-state index in [1.165, 1.54) is 6.21 Å². The number of thioether (sulfide) groups is 1. The van der Waals surface area contributed by atoms with Crippen molar-refractivity contribution < 1.29 is 23.4 Å². The van der Waals surface area contributed by atoms with Gasteiger partial charge in [-0.2, -0.15) is 5.10 Å². The van der Waals surface area contributed by atoms with E-state index >= 15 is 0 Å². The lowest BCUT2D eigenvalue weighted by atomic mass is 10.2. The molecule has 0 unspecified atom stereocenters. The number of aromatic nitrogens is 2. The molecule has 208 valence electrons. The second kappa shape index (κ2) is 14.8. The molecular formula is C27H23Cl3N4O5S. The molecule has 3 aromatic carbocycles. The van der Waals surface area contributed by atoms with Crippen molar-refractivity contribution in [1.82, 2.24) is 15.6 Å². The van der Waals surface area contributed by atoms with Gasteiger partial charge >= 0.3 is 0 Å². The Bertz CT molecular complexity index is 1480. The van der Waals surface area contributed by atoms with Crippen molar-refractivity contribution in [2.24, 2.45) is 5.10 Å². The second-order valence-corrected chi connectivity index (χ2v) is 10.1. The van der Waals surface area contributed by atoms with E-state index < -0.39 is 0 Å². The van der Waals surface area contributed by atoms with Gasteiger partial charge < -0.3 is 18.6 Å². The van der Waals surface area contributed by atoms with E-state index in [-0.39, 0.29) is 29.4 Å². The fraction of sp³-hybridized carbons (Fsp3) is 0.185. The molecule has 0 spiro atoms. The summed E-state index contributed by atoms with van der Waals surface area (Å²) in [6.07, 6.45) is 1.51. The SMILES string of the molecule is CCOc1cc(/C=N\NC(=O)CSc2nnc(COc3ccc(Cl)cc3Cl)o2)ccc1OCc1ccccc1Cl. The molecule has 1 N–H and O–H groups in total. The zero-order chi connectivity index (χ0) is 28.3. The quantitative estimate of drug-likeness (QED) is 0.0983. The van der Waals surface area contributed by atoms with Crippen LogP contribution in [0.4, 0.5) is 0 Å².